The Morgan fingerprint density at radius 1 is 0.206 bits per heavy atom. The quantitative estimate of drug-likeness (QED) is 0.0488. The van der Waals surface area contributed by atoms with E-state index in [1.165, 1.54) is 308 Å². The molecule has 0 aliphatic carbocycles. The highest BCUT2D eigenvalue weighted by Gasteiger charge is 1.92. The Morgan fingerprint density at radius 3 is 0.397 bits per heavy atom. The van der Waals surface area contributed by atoms with E-state index >= 15 is 0 Å². The first-order valence-electron chi connectivity index (χ1n) is 32.1. The summed E-state index contributed by atoms with van der Waals surface area (Å²) in [5.41, 5.74) is 0. The molecule has 0 bridgehead atoms. The van der Waals surface area contributed by atoms with Crippen LogP contribution in [0.25, 0.3) is 0 Å². The lowest BCUT2D eigenvalue weighted by Crippen LogP contribution is -1.82. The Hall–Kier alpha value is 0.150. The van der Waals surface area contributed by atoms with E-state index in [1.54, 1.807) is 0 Å². The van der Waals surface area contributed by atoms with Crippen molar-refractivity contribution >= 4 is 8.25 Å². The number of unbranched alkanes of at least 4 members (excludes halogenated alkanes) is 43. The van der Waals surface area contributed by atoms with Crippen molar-refractivity contribution in [2.75, 3.05) is 6.61 Å². The summed E-state index contributed by atoms with van der Waals surface area (Å²) in [7, 11) is -2.66. The van der Waals surface area contributed by atoms with Crippen molar-refractivity contribution < 1.29 is 14.0 Å². The van der Waals surface area contributed by atoms with E-state index in [1.807, 2.05) is 6.92 Å². The van der Waals surface area contributed by atoms with Crippen LogP contribution in [0.5, 0.6) is 0 Å². The van der Waals surface area contributed by atoms with Crippen LogP contribution in [-0.2, 0) is 9.09 Å². The molecule has 0 saturated carbocycles. The lowest BCUT2D eigenvalue weighted by atomic mass is 10.1. The van der Waals surface area contributed by atoms with E-state index < -0.39 is 8.25 Å². The molecule has 0 aromatic heterocycles. The van der Waals surface area contributed by atoms with Gasteiger partial charge in [0.25, 0.3) is 0 Å². The van der Waals surface area contributed by atoms with Gasteiger partial charge in [-0.05, 0) is 6.42 Å². The number of hydrogen-bond acceptors (Lipinski definition) is 2. The lowest BCUT2D eigenvalue weighted by molar-refractivity contribution is 0.276. The van der Waals surface area contributed by atoms with Crippen LogP contribution in [0.4, 0.5) is 0 Å². The molecule has 0 aromatic rings. The maximum atomic E-state index is 9.84. The van der Waals surface area contributed by atoms with Crippen molar-refractivity contribution in [2.24, 2.45) is 0 Å². The van der Waals surface area contributed by atoms with Gasteiger partial charge < -0.3 is 9.42 Å². The summed E-state index contributed by atoms with van der Waals surface area (Å²) >= 11 is 0. The maximum Gasteiger partial charge on any atom is 0.316 e. The molecule has 1 N–H and O–H groups in total. The minimum atomic E-state index is -2.66. The third kappa shape index (κ3) is 126. The molecule has 68 heavy (non-hydrogen) atoms. The molecule has 0 spiro atoms. The van der Waals surface area contributed by atoms with Gasteiger partial charge in [0.1, 0.15) is 0 Å². The van der Waals surface area contributed by atoms with Crippen LogP contribution in [0.2, 0.25) is 0 Å². The van der Waals surface area contributed by atoms with Gasteiger partial charge >= 0.3 is 8.25 Å². The van der Waals surface area contributed by atoms with Crippen molar-refractivity contribution in [3.63, 3.8) is 0 Å². The van der Waals surface area contributed by atoms with Crippen molar-refractivity contribution in [3.8, 4) is 0 Å². The second-order valence-corrected chi connectivity index (χ2v) is 21.0. The minimum Gasteiger partial charge on any atom is -0.326 e. The summed E-state index contributed by atoms with van der Waals surface area (Å²) in [6.45, 7) is 29.6. The zero-order valence-corrected chi connectivity index (χ0v) is 51.8. The molecule has 0 amide bonds. The predicted molar refractivity (Wildman–Crippen MR) is 322 cm³/mol. The molecule has 0 fully saturated rings. The Bertz CT molecular complexity index is 529. The average Bonchev–Trinajstić information content (AvgIpc) is 3.34. The summed E-state index contributed by atoms with van der Waals surface area (Å²) in [6.07, 6.45) is 70.6. The molecule has 1 unspecified atom stereocenters. The molecule has 0 aliphatic rings. The van der Waals surface area contributed by atoms with Gasteiger partial charge in [0, 0.05) is 0 Å². The van der Waals surface area contributed by atoms with Gasteiger partial charge in [0.15, 0.2) is 0 Å². The van der Waals surface area contributed by atoms with E-state index in [2.05, 4.69) is 87.6 Å². The Morgan fingerprint density at radius 2 is 0.309 bits per heavy atom. The molecule has 0 saturated heterocycles. The topological polar surface area (TPSA) is 46.5 Å². The third-order valence-electron chi connectivity index (χ3n) is 12.5. The van der Waals surface area contributed by atoms with Crippen LogP contribution in [0.15, 0.2) is 0 Å². The van der Waals surface area contributed by atoms with Crippen molar-refractivity contribution in [1.29, 1.82) is 0 Å². The monoisotopic (exact) mass is 991 g/mol. The summed E-state index contributed by atoms with van der Waals surface area (Å²) in [5, 5.41) is 0. The minimum absolute atomic E-state index is 0.408. The Kier molecular flexibility index (Phi) is 117. The zero-order chi connectivity index (χ0) is 52.3. The average molecular weight is 992 g/mol. The molecule has 0 rings (SSSR count). The highest BCUT2D eigenvalue weighted by Crippen LogP contribution is 2.15. The summed E-state index contributed by atoms with van der Waals surface area (Å²) in [6, 6.07) is 0. The summed E-state index contributed by atoms with van der Waals surface area (Å²) < 4.78 is 14.2. The van der Waals surface area contributed by atoms with E-state index in [4.69, 9.17) is 4.89 Å². The van der Waals surface area contributed by atoms with Gasteiger partial charge in [-0.15, -0.1) is 0 Å². The Labute approximate surface area is 438 Å². The van der Waals surface area contributed by atoms with E-state index in [0.717, 1.165) is 12.8 Å². The molecule has 0 radical (unpaired) electrons. The SMILES string of the molecule is CCCCCCCCCC.CCCCCCCCCC.CCCCCCCCCC.CCCCCCCCCC.CCCCCCCCCC.CCCCCCCCCC.CCCCO[PH](=O)O. The maximum absolute atomic E-state index is 9.84. The largest absolute Gasteiger partial charge is 0.326 e. The fraction of sp³-hybridized carbons (Fsp3) is 1.00. The molecular weight excluding hydrogens is 848 g/mol. The number of hydrogen-bond donors (Lipinski definition) is 1. The van der Waals surface area contributed by atoms with Crippen LogP contribution in [0, 0.1) is 0 Å². The first-order valence-corrected chi connectivity index (χ1v) is 33.4. The summed E-state index contributed by atoms with van der Waals surface area (Å²) in [4.78, 5) is 8.10. The van der Waals surface area contributed by atoms with Crippen LogP contribution >= 0.6 is 8.25 Å². The second kappa shape index (κ2) is 96.6. The molecule has 422 valence electrons. The molecule has 1 atom stereocenters. The molecule has 3 nitrogen and oxygen atoms in total. The smallest absolute Gasteiger partial charge is 0.316 e. The van der Waals surface area contributed by atoms with Crippen molar-refractivity contribution in [1.82, 2.24) is 0 Å². The predicted octanol–water partition coefficient (Wildman–Crippen LogP) is 26.1. The molecule has 0 aliphatic heterocycles. The van der Waals surface area contributed by atoms with Crippen LogP contribution in [0.3, 0.4) is 0 Å². The first-order chi connectivity index (χ1) is 33.3. The van der Waals surface area contributed by atoms with Gasteiger partial charge in [0.2, 0.25) is 0 Å². The highest BCUT2D eigenvalue weighted by molar-refractivity contribution is 7.32. The van der Waals surface area contributed by atoms with Crippen LogP contribution in [-0.4, -0.2) is 11.5 Å². The Balaban J connectivity index is -0.000000128. The van der Waals surface area contributed by atoms with E-state index in [9.17, 15) is 4.57 Å². The van der Waals surface area contributed by atoms with E-state index in [-0.39, 0.29) is 0 Å². The fourth-order valence-corrected chi connectivity index (χ4v) is 7.87. The van der Waals surface area contributed by atoms with Crippen molar-refractivity contribution in [2.45, 2.75) is 411 Å². The number of rotatable bonds is 46. The summed E-state index contributed by atoms with van der Waals surface area (Å²) in [5.74, 6) is 0. The van der Waals surface area contributed by atoms with Gasteiger partial charge in [-0.3, -0.25) is 4.57 Å². The third-order valence-corrected chi connectivity index (χ3v) is 12.9. The normalized spacial score (nSPS) is 10.6. The van der Waals surface area contributed by atoms with Gasteiger partial charge in [-0.2, -0.15) is 0 Å². The van der Waals surface area contributed by atoms with E-state index in [0.29, 0.717) is 6.61 Å². The zero-order valence-electron chi connectivity index (χ0n) is 50.8. The highest BCUT2D eigenvalue weighted by atomic mass is 31.1. The lowest BCUT2D eigenvalue weighted by Gasteiger charge is -1.97. The second-order valence-electron chi connectivity index (χ2n) is 20.2. The van der Waals surface area contributed by atoms with Gasteiger partial charge in [0.05, 0.1) is 6.61 Å². The van der Waals surface area contributed by atoms with Crippen LogP contribution < -0.4 is 0 Å². The van der Waals surface area contributed by atoms with Crippen molar-refractivity contribution in [3.05, 3.63) is 0 Å². The molecule has 0 heterocycles. The van der Waals surface area contributed by atoms with Crippen LogP contribution in [0.1, 0.15) is 411 Å². The first kappa shape index (κ1) is 82.2. The molecular formula is C64H143O3P. The fourth-order valence-electron chi connectivity index (χ4n) is 7.55. The standard InChI is InChI=1S/6C10H22.C4H11O3P/c6*1-3-5-7-9-10-8-6-4-2;1-2-3-4-7-8(5)6/h6*3-10H2,1-2H3;8H,2-4H2,1H3,(H,5,6). The molecule has 0 aromatic carbocycles. The van der Waals surface area contributed by atoms with Gasteiger partial charge in [-0.1, -0.05) is 405 Å². The molecule has 4 heteroatoms. The van der Waals surface area contributed by atoms with Gasteiger partial charge in [-0.25, -0.2) is 0 Å².